The van der Waals surface area contributed by atoms with Gasteiger partial charge < -0.3 is 19.9 Å². The van der Waals surface area contributed by atoms with Crippen molar-refractivity contribution in [2.45, 2.75) is 59.2 Å². The van der Waals surface area contributed by atoms with Crippen LogP contribution in [-0.2, 0) is 16.1 Å². The number of nitrogens with one attached hydrogen (secondary N) is 1. The molecule has 1 aromatic heterocycles. The molecule has 0 radical (unpaired) electrons. The fourth-order valence-electron chi connectivity index (χ4n) is 4.60. The predicted octanol–water partition coefficient (Wildman–Crippen LogP) is 4.69. The molecule has 2 heterocycles. The molecule has 1 aliphatic heterocycles. The van der Waals surface area contributed by atoms with Crippen molar-refractivity contribution in [3.63, 3.8) is 0 Å². The summed E-state index contributed by atoms with van der Waals surface area (Å²) in [6, 6.07) is 12.6. The summed E-state index contributed by atoms with van der Waals surface area (Å²) in [5, 5.41) is 3.78. The molecule has 1 aliphatic rings. The third-order valence-corrected chi connectivity index (χ3v) is 6.52. The van der Waals surface area contributed by atoms with E-state index in [0.717, 1.165) is 18.7 Å². The second-order valence-electron chi connectivity index (χ2n) is 11.1. The molecule has 2 amide bonds. The number of aromatic nitrogens is 2. The van der Waals surface area contributed by atoms with Crippen LogP contribution >= 0.6 is 11.6 Å². The molecule has 0 aliphatic carbocycles. The number of carbonyl (C=O) groups excluding carboxylic acids is 2. The summed E-state index contributed by atoms with van der Waals surface area (Å²) in [6.45, 7) is 11.6. The molecule has 0 saturated carbocycles. The highest BCUT2D eigenvalue weighted by Gasteiger charge is 2.25. The van der Waals surface area contributed by atoms with Gasteiger partial charge in [-0.15, -0.1) is 0 Å². The van der Waals surface area contributed by atoms with E-state index in [-0.39, 0.29) is 30.1 Å². The largest absolute Gasteiger partial charge is 0.444 e. The number of fused-ring (bicyclic) bond motifs is 1. The Balaban J connectivity index is 1.68. The zero-order valence-electron chi connectivity index (χ0n) is 23.2. The molecule has 208 valence electrons. The van der Waals surface area contributed by atoms with Crippen LogP contribution in [0.1, 0.15) is 41.0 Å². The normalized spacial score (nSPS) is 14.4. The van der Waals surface area contributed by atoms with Crippen LogP contribution in [0, 0.1) is 0 Å². The van der Waals surface area contributed by atoms with Gasteiger partial charge in [0, 0.05) is 48.5 Å². The Kier molecular flexibility index (Phi) is 8.49. The van der Waals surface area contributed by atoms with Crippen LogP contribution in [0.2, 0.25) is 5.02 Å². The van der Waals surface area contributed by atoms with Crippen molar-refractivity contribution in [3.8, 4) is 11.4 Å². The van der Waals surface area contributed by atoms with Gasteiger partial charge in [0.05, 0.1) is 10.9 Å². The monoisotopic (exact) mass is 553 g/mol. The molecule has 3 aromatic rings. The smallest absolute Gasteiger partial charge is 0.410 e. The number of benzene rings is 2. The van der Waals surface area contributed by atoms with E-state index in [1.54, 1.807) is 23.1 Å². The minimum absolute atomic E-state index is 0.0638. The topological polar surface area (TPSA) is 96.8 Å². The maximum Gasteiger partial charge on any atom is 0.410 e. The van der Waals surface area contributed by atoms with Gasteiger partial charge in [-0.2, -0.15) is 0 Å². The minimum atomic E-state index is -0.551. The van der Waals surface area contributed by atoms with Gasteiger partial charge in [0.15, 0.2) is 0 Å². The van der Waals surface area contributed by atoms with Gasteiger partial charge in [-0.1, -0.05) is 23.7 Å². The van der Waals surface area contributed by atoms with Gasteiger partial charge in [-0.3, -0.25) is 14.2 Å². The maximum absolute atomic E-state index is 13.8. The van der Waals surface area contributed by atoms with Gasteiger partial charge in [0.1, 0.15) is 18.0 Å². The molecule has 2 aromatic carbocycles. The second kappa shape index (κ2) is 11.7. The molecule has 0 atom stereocenters. The van der Waals surface area contributed by atoms with Crippen molar-refractivity contribution in [1.82, 2.24) is 19.8 Å². The summed E-state index contributed by atoms with van der Waals surface area (Å²) in [4.78, 5) is 47.8. The Bertz CT molecular complexity index is 1430. The molecule has 1 fully saturated rings. The van der Waals surface area contributed by atoms with Crippen LogP contribution in [0.4, 0.5) is 10.5 Å². The average molecular weight is 554 g/mol. The van der Waals surface area contributed by atoms with E-state index in [1.165, 1.54) is 4.57 Å². The highest BCUT2D eigenvalue weighted by molar-refractivity contribution is 6.30. The van der Waals surface area contributed by atoms with Gasteiger partial charge >= 0.3 is 6.09 Å². The molecule has 1 N–H and O–H groups in total. The molecule has 0 unspecified atom stereocenters. The lowest BCUT2D eigenvalue weighted by Crippen LogP contribution is -2.39. The number of ether oxygens (including phenoxy) is 1. The van der Waals surface area contributed by atoms with E-state index in [4.69, 9.17) is 21.3 Å². The van der Waals surface area contributed by atoms with Gasteiger partial charge in [-0.05, 0) is 71.4 Å². The highest BCUT2D eigenvalue weighted by atomic mass is 35.5. The van der Waals surface area contributed by atoms with E-state index in [1.807, 2.05) is 58.9 Å². The molecule has 10 heteroatoms. The second-order valence-corrected chi connectivity index (χ2v) is 11.5. The first kappa shape index (κ1) is 28.4. The van der Waals surface area contributed by atoms with Gasteiger partial charge in [-0.25, -0.2) is 9.78 Å². The first-order valence-corrected chi connectivity index (χ1v) is 13.6. The molecule has 4 rings (SSSR count). The highest BCUT2D eigenvalue weighted by Crippen LogP contribution is 2.25. The molecule has 0 bridgehead atoms. The van der Waals surface area contributed by atoms with Crippen LogP contribution in [0.15, 0.2) is 47.3 Å². The van der Waals surface area contributed by atoms with Crippen molar-refractivity contribution in [3.05, 3.63) is 57.8 Å². The van der Waals surface area contributed by atoms with Crippen molar-refractivity contribution >= 4 is 40.2 Å². The van der Waals surface area contributed by atoms with Gasteiger partial charge in [0.25, 0.3) is 5.56 Å². The van der Waals surface area contributed by atoms with Crippen LogP contribution < -0.4 is 15.8 Å². The molecule has 0 spiro atoms. The lowest BCUT2D eigenvalue weighted by Gasteiger charge is -2.27. The Labute approximate surface area is 233 Å². The number of amides is 2. The fourth-order valence-corrected chi connectivity index (χ4v) is 4.79. The average Bonchev–Trinajstić information content (AvgIpc) is 3.10. The summed E-state index contributed by atoms with van der Waals surface area (Å²) in [5.41, 5.74) is 1.19. The molecule has 39 heavy (non-hydrogen) atoms. The molecular weight excluding hydrogens is 518 g/mol. The summed E-state index contributed by atoms with van der Waals surface area (Å²) in [5.74, 6) is 0.104. The summed E-state index contributed by atoms with van der Waals surface area (Å²) >= 11 is 6.23. The fraction of sp³-hybridized carbons (Fsp3) is 0.448. The number of carbonyl (C=O) groups is 2. The van der Waals surface area contributed by atoms with Crippen molar-refractivity contribution in [1.29, 1.82) is 0 Å². The van der Waals surface area contributed by atoms with Crippen molar-refractivity contribution in [2.24, 2.45) is 0 Å². The Morgan fingerprint density at radius 2 is 1.85 bits per heavy atom. The minimum Gasteiger partial charge on any atom is -0.444 e. The van der Waals surface area contributed by atoms with Crippen LogP contribution in [0.3, 0.4) is 0 Å². The summed E-state index contributed by atoms with van der Waals surface area (Å²) in [6.07, 6.45) is 0.450. The van der Waals surface area contributed by atoms with Crippen molar-refractivity contribution in [2.75, 3.05) is 31.1 Å². The van der Waals surface area contributed by atoms with Crippen LogP contribution in [-0.4, -0.2) is 64.3 Å². The predicted molar refractivity (Wildman–Crippen MR) is 154 cm³/mol. The number of hydrogen-bond donors (Lipinski definition) is 1. The van der Waals surface area contributed by atoms with E-state index >= 15 is 0 Å². The molecular formula is C29H36ClN5O4. The molecule has 9 nitrogen and oxygen atoms in total. The number of halogens is 1. The van der Waals surface area contributed by atoms with Crippen LogP contribution in [0.25, 0.3) is 22.3 Å². The number of rotatable bonds is 5. The third-order valence-electron chi connectivity index (χ3n) is 6.28. The lowest BCUT2D eigenvalue weighted by atomic mass is 10.1. The Morgan fingerprint density at radius 3 is 2.54 bits per heavy atom. The van der Waals surface area contributed by atoms with E-state index < -0.39 is 5.60 Å². The quantitative estimate of drug-likeness (QED) is 0.492. The zero-order valence-corrected chi connectivity index (χ0v) is 23.9. The van der Waals surface area contributed by atoms with Gasteiger partial charge in [0.2, 0.25) is 5.91 Å². The first-order chi connectivity index (χ1) is 18.4. The third kappa shape index (κ3) is 7.09. The van der Waals surface area contributed by atoms with E-state index in [9.17, 15) is 14.4 Å². The van der Waals surface area contributed by atoms with Crippen molar-refractivity contribution < 1.29 is 14.3 Å². The number of nitrogens with zero attached hydrogens (tertiary/aromatic N) is 4. The SMILES string of the molecule is CC(C)NC(=O)Cn1c(-c2cccc(Cl)c2)nc2ccc(N3CCCN(C(=O)OC(C)(C)C)CC3)cc2c1=O. The zero-order chi connectivity index (χ0) is 28.3. The standard InChI is InChI=1S/C29H36ClN5O4/c1-19(2)31-25(36)18-35-26(20-8-6-9-21(30)16-20)32-24-11-10-22(17-23(24)27(35)37)33-12-7-13-34(15-14-33)28(38)39-29(3,4)5/h6,8-11,16-17,19H,7,12-15,18H2,1-5H3,(H,31,36). The molecule has 1 saturated heterocycles. The summed E-state index contributed by atoms with van der Waals surface area (Å²) < 4.78 is 6.95. The lowest BCUT2D eigenvalue weighted by molar-refractivity contribution is -0.122. The maximum atomic E-state index is 13.8. The van der Waals surface area contributed by atoms with E-state index in [2.05, 4.69) is 10.2 Å². The van der Waals surface area contributed by atoms with E-state index in [0.29, 0.717) is 46.9 Å². The Morgan fingerprint density at radius 1 is 1.08 bits per heavy atom. The Hall–Kier alpha value is -3.59. The summed E-state index contributed by atoms with van der Waals surface area (Å²) in [7, 11) is 0. The number of hydrogen-bond acceptors (Lipinski definition) is 6. The first-order valence-electron chi connectivity index (χ1n) is 13.2. The van der Waals surface area contributed by atoms with Crippen LogP contribution in [0.5, 0.6) is 0 Å². The number of anilines is 1.